The van der Waals surface area contributed by atoms with Gasteiger partial charge in [-0.15, -0.1) is 0 Å². The van der Waals surface area contributed by atoms with Gasteiger partial charge in [0.2, 0.25) is 0 Å². The molecule has 2 heteroatoms. The Hall–Kier alpha value is -1.02. The van der Waals surface area contributed by atoms with Gasteiger partial charge in [0.05, 0.1) is 0 Å². The smallest absolute Gasteiger partial charge is 0.0376 e. The predicted octanol–water partition coefficient (Wildman–Crippen LogP) is 2.59. The van der Waals surface area contributed by atoms with Gasteiger partial charge >= 0.3 is 0 Å². The maximum absolute atomic E-state index is 3.63. The molecule has 0 radical (unpaired) electrons. The number of fused-ring (bicyclic) bond motifs is 1. The number of para-hydroxylation sites is 1. The molecule has 0 bridgehead atoms. The Morgan fingerprint density at radius 2 is 2.00 bits per heavy atom. The molecule has 0 saturated heterocycles. The lowest BCUT2D eigenvalue weighted by molar-refractivity contribution is 0.537. The molecule has 86 valence electrons. The molecule has 1 saturated carbocycles. The first kappa shape index (κ1) is 10.2. The first-order valence-corrected chi connectivity index (χ1v) is 6.47. The molecule has 1 aliphatic heterocycles. The summed E-state index contributed by atoms with van der Waals surface area (Å²) < 4.78 is 0. The molecule has 0 aromatic heterocycles. The summed E-state index contributed by atoms with van der Waals surface area (Å²) in [7, 11) is 0. The van der Waals surface area contributed by atoms with Crippen LogP contribution in [0.2, 0.25) is 0 Å². The fourth-order valence-electron chi connectivity index (χ4n) is 2.55. The molecule has 0 spiro atoms. The van der Waals surface area contributed by atoms with E-state index in [0.29, 0.717) is 5.92 Å². The first-order valence-electron chi connectivity index (χ1n) is 6.47. The lowest BCUT2D eigenvalue weighted by Gasteiger charge is -2.26. The van der Waals surface area contributed by atoms with Crippen LogP contribution in [0.1, 0.15) is 30.7 Å². The molecule has 1 aromatic carbocycles. The van der Waals surface area contributed by atoms with Crippen LogP contribution < -0.4 is 10.6 Å². The van der Waals surface area contributed by atoms with Crippen molar-refractivity contribution in [3.63, 3.8) is 0 Å². The third-order valence-electron chi connectivity index (χ3n) is 3.73. The molecule has 1 atom stereocenters. The number of nitrogens with one attached hydrogen (secondary N) is 2. The normalized spacial score (nSPS) is 23.6. The minimum atomic E-state index is 0.705. The van der Waals surface area contributed by atoms with E-state index in [1.54, 1.807) is 0 Å². The molecule has 0 amide bonds. The van der Waals surface area contributed by atoms with Gasteiger partial charge in [-0.25, -0.2) is 0 Å². The van der Waals surface area contributed by atoms with Crippen LogP contribution in [-0.4, -0.2) is 19.6 Å². The summed E-state index contributed by atoms with van der Waals surface area (Å²) in [6.45, 7) is 3.49. The average Bonchev–Trinajstić information content (AvgIpc) is 3.13. The van der Waals surface area contributed by atoms with Crippen LogP contribution in [0.5, 0.6) is 0 Å². The second-order valence-electron chi connectivity index (χ2n) is 5.10. The van der Waals surface area contributed by atoms with Gasteiger partial charge in [0.1, 0.15) is 0 Å². The van der Waals surface area contributed by atoms with E-state index in [-0.39, 0.29) is 0 Å². The van der Waals surface area contributed by atoms with E-state index in [1.807, 2.05) is 0 Å². The van der Waals surface area contributed by atoms with Crippen LogP contribution in [0.4, 0.5) is 5.69 Å². The zero-order valence-electron chi connectivity index (χ0n) is 9.71. The molecule has 2 nitrogen and oxygen atoms in total. The van der Waals surface area contributed by atoms with E-state index in [0.717, 1.165) is 19.0 Å². The number of hydrogen-bond donors (Lipinski definition) is 2. The highest BCUT2D eigenvalue weighted by Gasteiger charge is 2.22. The lowest BCUT2D eigenvalue weighted by Crippen LogP contribution is -2.28. The summed E-state index contributed by atoms with van der Waals surface area (Å²) in [5.74, 6) is 1.69. The summed E-state index contributed by atoms with van der Waals surface area (Å²) in [6, 6.07) is 8.74. The quantitative estimate of drug-likeness (QED) is 0.808. The van der Waals surface area contributed by atoms with E-state index in [4.69, 9.17) is 0 Å². The van der Waals surface area contributed by atoms with Crippen molar-refractivity contribution in [3.05, 3.63) is 29.8 Å². The van der Waals surface area contributed by atoms with Gasteiger partial charge in [0.15, 0.2) is 0 Å². The van der Waals surface area contributed by atoms with E-state index >= 15 is 0 Å². The number of benzene rings is 1. The highest BCUT2D eigenvalue weighted by molar-refractivity contribution is 5.54. The lowest BCUT2D eigenvalue weighted by atomic mass is 9.91. The Morgan fingerprint density at radius 1 is 1.12 bits per heavy atom. The Bertz CT molecular complexity index is 358. The minimum Gasteiger partial charge on any atom is -0.385 e. The fourth-order valence-corrected chi connectivity index (χ4v) is 2.55. The molecular weight excluding hydrogens is 196 g/mol. The fraction of sp³-hybridized carbons (Fsp3) is 0.571. The molecule has 2 aliphatic rings. The highest BCUT2D eigenvalue weighted by Crippen LogP contribution is 2.31. The number of hydrogen-bond acceptors (Lipinski definition) is 2. The topological polar surface area (TPSA) is 24.1 Å². The van der Waals surface area contributed by atoms with Gasteiger partial charge < -0.3 is 10.6 Å². The van der Waals surface area contributed by atoms with E-state index < -0.39 is 0 Å². The predicted molar refractivity (Wildman–Crippen MR) is 67.9 cm³/mol. The van der Waals surface area contributed by atoms with Gasteiger partial charge in [-0.1, -0.05) is 18.2 Å². The molecule has 3 rings (SSSR count). The van der Waals surface area contributed by atoms with Gasteiger partial charge in [-0.2, -0.15) is 0 Å². The Balaban J connectivity index is 1.62. The van der Waals surface area contributed by atoms with Crippen LogP contribution in [0.3, 0.4) is 0 Å². The summed E-state index contributed by atoms with van der Waals surface area (Å²) >= 11 is 0. The van der Waals surface area contributed by atoms with E-state index in [2.05, 4.69) is 34.9 Å². The van der Waals surface area contributed by atoms with Crippen molar-refractivity contribution in [2.45, 2.75) is 25.2 Å². The van der Waals surface area contributed by atoms with Crippen molar-refractivity contribution in [1.82, 2.24) is 5.32 Å². The summed E-state index contributed by atoms with van der Waals surface area (Å²) in [6.07, 6.45) is 4.14. The summed E-state index contributed by atoms with van der Waals surface area (Å²) in [5.41, 5.74) is 2.84. The van der Waals surface area contributed by atoms with Crippen molar-refractivity contribution >= 4 is 5.69 Å². The second kappa shape index (κ2) is 4.46. The zero-order valence-corrected chi connectivity index (χ0v) is 9.71. The molecule has 2 N–H and O–H groups in total. The van der Waals surface area contributed by atoms with Crippen molar-refractivity contribution in [3.8, 4) is 0 Å². The third kappa shape index (κ3) is 2.22. The maximum atomic E-state index is 3.63. The summed E-state index contributed by atoms with van der Waals surface area (Å²) in [5, 5.41) is 7.11. The first-order chi connectivity index (χ1) is 7.93. The molecule has 1 aromatic rings. The summed E-state index contributed by atoms with van der Waals surface area (Å²) in [4.78, 5) is 0. The molecule has 1 unspecified atom stereocenters. The molecule has 1 fully saturated rings. The maximum Gasteiger partial charge on any atom is 0.0376 e. The van der Waals surface area contributed by atoms with E-state index in [9.17, 15) is 0 Å². The van der Waals surface area contributed by atoms with E-state index in [1.165, 1.54) is 37.1 Å². The van der Waals surface area contributed by atoms with Gasteiger partial charge in [0, 0.05) is 24.7 Å². The molecule has 1 heterocycles. The van der Waals surface area contributed by atoms with Crippen LogP contribution in [-0.2, 0) is 0 Å². The Morgan fingerprint density at radius 3 is 2.88 bits per heavy atom. The van der Waals surface area contributed by atoms with Crippen LogP contribution in [0, 0.1) is 5.92 Å². The van der Waals surface area contributed by atoms with Crippen LogP contribution in [0.15, 0.2) is 24.3 Å². The number of anilines is 1. The van der Waals surface area contributed by atoms with Gasteiger partial charge in [0.25, 0.3) is 0 Å². The molecular formula is C14H20N2. The number of rotatable bonds is 4. The van der Waals surface area contributed by atoms with Gasteiger partial charge in [-0.3, -0.25) is 0 Å². The SMILES string of the molecule is c1ccc2c(c1)NCCC2CNCC1CC1. The van der Waals surface area contributed by atoms with Crippen molar-refractivity contribution in [2.24, 2.45) is 5.92 Å². The molecule has 16 heavy (non-hydrogen) atoms. The van der Waals surface area contributed by atoms with Gasteiger partial charge in [-0.05, 0) is 43.4 Å². The van der Waals surface area contributed by atoms with Crippen LogP contribution >= 0.6 is 0 Å². The van der Waals surface area contributed by atoms with Crippen molar-refractivity contribution in [1.29, 1.82) is 0 Å². The zero-order chi connectivity index (χ0) is 10.8. The Kier molecular flexibility index (Phi) is 2.83. The second-order valence-corrected chi connectivity index (χ2v) is 5.10. The third-order valence-corrected chi connectivity index (χ3v) is 3.73. The van der Waals surface area contributed by atoms with Crippen LogP contribution in [0.25, 0.3) is 0 Å². The standard InChI is InChI=1S/C14H20N2/c1-2-4-14-13(3-1)12(7-8-16-14)10-15-9-11-5-6-11/h1-4,11-12,15-16H,5-10H2. The average molecular weight is 216 g/mol. The van der Waals surface area contributed by atoms with Crippen molar-refractivity contribution in [2.75, 3.05) is 25.0 Å². The van der Waals surface area contributed by atoms with Crippen molar-refractivity contribution < 1.29 is 0 Å². The highest BCUT2D eigenvalue weighted by atomic mass is 14.9. The minimum absolute atomic E-state index is 0.705. The molecule has 1 aliphatic carbocycles. The largest absolute Gasteiger partial charge is 0.385 e. The monoisotopic (exact) mass is 216 g/mol. The Labute approximate surface area is 97.4 Å².